The first-order valence-electron chi connectivity index (χ1n) is 6.31. The Kier molecular flexibility index (Phi) is 3.97. The zero-order valence-electron chi connectivity index (χ0n) is 10.3. The van der Waals surface area contributed by atoms with Gasteiger partial charge in [0.25, 0.3) is 0 Å². The molecule has 0 aliphatic carbocycles. The molecule has 1 heterocycles. The van der Waals surface area contributed by atoms with Crippen LogP contribution in [0.3, 0.4) is 0 Å². The summed E-state index contributed by atoms with van der Waals surface area (Å²) in [6.07, 6.45) is 2.94. The summed E-state index contributed by atoms with van der Waals surface area (Å²) < 4.78 is 0. The van der Waals surface area contributed by atoms with Crippen LogP contribution in [0.5, 0.6) is 0 Å². The summed E-state index contributed by atoms with van der Waals surface area (Å²) >= 11 is 0. The minimum absolute atomic E-state index is 0.00954. The normalized spacial score (nSPS) is 19.6. The molecule has 0 bridgehead atoms. The van der Waals surface area contributed by atoms with Crippen molar-refractivity contribution in [2.45, 2.75) is 31.7 Å². The van der Waals surface area contributed by atoms with Crippen LogP contribution in [0.4, 0.5) is 0 Å². The SMILES string of the molecule is NC(=O)C1CCCCN1C(=O)Cc1ccccc1. The van der Waals surface area contributed by atoms with Gasteiger partial charge in [0, 0.05) is 6.54 Å². The van der Waals surface area contributed by atoms with Crippen LogP contribution in [0.15, 0.2) is 30.3 Å². The highest BCUT2D eigenvalue weighted by atomic mass is 16.2. The summed E-state index contributed by atoms with van der Waals surface area (Å²) in [6, 6.07) is 9.15. The molecule has 96 valence electrons. The van der Waals surface area contributed by atoms with Crippen LogP contribution < -0.4 is 5.73 Å². The fraction of sp³-hybridized carbons (Fsp3) is 0.429. The van der Waals surface area contributed by atoms with E-state index in [0.717, 1.165) is 18.4 Å². The molecule has 4 heteroatoms. The largest absolute Gasteiger partial charge is 0.368 e. The number of primary amides is 1. The van der Waals surface area contributed by atoms with E-state index in [-0.39, 0.29) is 5.91 Å². The number of hydrogen-bond acceptors (Lipinski definition) is 2. The number of rotatable bonds is 3. The van der Waals surface area contributed by atoms with Crippen molar-refractivity contribution in [3.63, 3.8) is 0 Å². The summed E-state index contributed by atoms with van der Waals surface area (Å²) in [5, 5.41) is 0. The van der Waals surface area contributed by atoms with Crippen molar-refractivity contribution >= 4 is 11.8 Å². The number of piperidine rings is 1. The molecule has 1 unspecified atom stereocenters. The summed E-state index contributed by atoms with van der Waals surface area (Å²) in [6.45, 7) is 0.638. The van der Waals surface area contributed by atoms with Gasteiger partial charge in [-0.05, 0) is 24.8 Å². The van der Waals surface area contributed by atoms with Gasteiger partial charge in [-0.15, -0.1) is 0 Å². The lowest BCUT2D eigenvalue weighted by Crippen LogP contribution is -2.50. The Morgan fingerprint density at radius 1 is 1.22 bits per heavy atom. The van der Waals surface area contributed by atoms with Gasteiger partial charge >= 0.3 is 0 Å². The quantitative estimate of drug-likeness (QED) is 0.868. The van der Waals surface area contributed by atoms with Crippen LogP contribution in [0.2, 0.25) is 0 Å². The molecule has 1 aliphatic rings. The molecule has 1 aliphatic heterocycles. The average Bonchev–Trinajstić information content (AvgIpc) is 2.40. The molecule has 1 atom stereocenters. The van der Waals surface area contributed by atoms with E-state index in [0.29, 0.717) is 19.4 Å². The van der Waals surface area contributed by atoms with E-state index in [1.165, 1.54) is 0 Å². The molecule has 4 nitrogen and oxygen atoms in total. The zero-order valence-corrected chi connectivity index (χ0v) is 10.3. The fourth-order valence-electron chi connectivity index (χ4n) is 2.40. The number of hydrogen-bond donors (Lipinski definition) is 1. The van der Waals surface area contributed by atoms with Crippen molar-refractivity contribution in [2.75, 3.05) is 6.54 Å². The molecule has 0 aromatic heterocycles. The summed E-state index contributed by atoms with van der Waals surface area (Å²) in [7, 11) is 0. The second-order valence-electron chi connectivity index (χ2n) is 4.66. The predicted molar refractivity (Wildman–Crippen MR) is 68.7 cm³/mol. The molecule has 0 spiro atoms. The van der Waals surface area contributed by atoms with E-state index in [9.17, 15) is 9.59 Å². The molecule has 1 aromatic carbocycles. The number of nitrogens with zero attached hydrogens (tertiary/aromatic N) is 1. The van der Waals surface area contributed by atoms with Crippen LogP contribution in [-0.2, 0) is 16.0 Å². The molecule has 1 aromatic rings. The third-order valence-corrected chi connectivity index (χ3v) is 3.35. The van der Waals surface area contributed by atoms with Crippen molar-refractivity contribution in [1.29, 1.82) is 0 Å². The Hall–Kier alpha value is -1.84. The van der Waals surface area contributed by atoms with Gasteiger partial charge in [0.05, 0.1) is 6.42 Å². The Morgan fingerprint density at radius 3 is 2.61 bits per heavy atom. The third-order valence-electron chi connectivity index (χ3n) is 3.35. The highest BCUT2D eigenvalue weighted by molar-refractivity contribution is 5.87. The molecule has 2 amide bonds. The smallest absolute Gasteiger partial charge is 0.240 e. The van der Waals surface area contributed by atoms with Gasteiger partial charge in [-0.1, -0.05) is 30.3 Å². The fourth-order valence-corrected chi connectivity index (χ4v) is 2.40. The lowest BCUT2D eigenvalue weighted by Gasteiger charge is -2.33. The van der Waals surface area contributed by atoms with Crippen molar-refractivity contribution in [2.24, 2.45) is 5.73 Å². The van der Waals surface area contributed by atoms with Gasteiger partial charge in [-0.25, -0.2) is 0 Å². The van der Waals surface area contributed by atoms with Crippen LogP contribution in [-0.4, -0.2) is 29.3 Å². The molecular formula is C14H18N2O2. The minimum atomic E-state index is -0.421. The maximum absolute atomic E-state index is 12.2. The molecule has 18 heavy (non-hydrogen) atoms. The molecule has 1 saturated heterocycles. The Bertz CT molecular complexity index is 431. The van der Waals surface area contributed by atoms with Crippen LogP contribution >= 0.6 is 0 Å². The summed E-state index contributed by atoms with van der Waals surface area (Å²) in [5.74, 6) is -0.402. The Balaban J connectivity index is 2.05. The topological polar surface area (TPSA) is 63.4 Å². The standard InChI is InChI=1S/C14H18N2O2/c15-14(18)12-8-4-5-9-16(12)13(17)10-11-6-2-1-3-7-11/h1-3,6-7,12H,4-5,8-10H2,(H2,15,18). The maximum atomic E-state index is 12.2. The van der Waals surface area contributed by atoms with Gasteiger partial charge in [0.2, 0.25) is 11.8 Å². The second kappa shape index (κ2) is 5.67. The number of nitrogens with two attached hydrogens (primary N) is 1. The minimum Gasteiger partial charge on any atom is -0.368 e. The third kappa shape index (κ3) is 2.88. The molecular weight excluding hydrogens is 228 g/mol. The van der Waals surface area contributed by atoms with Gasteiger partial charge in [0.1, 0.15) is 6.04 Å². The van der Waals surface area contributed by atoms with Gasteiger partial charge < -0.3 is 10.6 Å². The van der Waals surface area contributed by atoms with Crippen molar-refractivity contribution in [3.8, 4) is 0 Å². The van der Waals surface area contributed by atoms with Crippen LogP contribution in [0, 0.1) is 0 Å². The second-order valence-corrected chi connectivity index (χ2v) is 4.66. The van der Waals surface area contributed by atoms with Gasteiger partial charge in [0.15, 0.2) is 0 Å². The van der Waals surface area contributed by atoms with E-state index in [4.69, 9.17) is 5.73 Å². The molecule has 2 N–H and O–H groups in total. The van der Waals surface area contributed by atoms with E-state index in [2.05, 4.69) is 0 Å². The van der Waals surface area contributed by atoms with E-state index in [1.807, 2.05) is 30.3 Å². The van der Waals surface area contributed by atoms with Crippen molar-refractivity contribution in [1.82, 2.24) is 4.90 Å². The van der Waals surface area contributed by atoms with E-state index >= 15 is 0 Å². The predicted octanol–water partition coefficient (Wildman–Crippen LogP) is 1.10. The summed E-state index contributed by atoms with van der Waals surface area (Å²) in [4.78, 5) is 25.2. The van der Waals surface area contributed by atoms with E-state index in [1.54, 1.807) is 4.90 Å². The molecule has 2 rings (SSSR count). The lowest BCUT2D eigenvalue weighted by molar-refractivity contribution is -0.140. The maximum Gasteiger partial charge on any atom is 0.240 e. The first kappa shape index (κ1) is 12.6. The Morgan fingerprint density at radius 2 is 1.94 bits per heavy atom. The summed E-state index contributed by atoms with van der Waals surface area (Å²) in [5.41, 5.74) is 6.32. The van der Waals surface area contributed by atoms with Crippen LogP contribution in [0.25, 0.3) is 0 Å². The van der Waals surface area contributed by atoms with Crippen LogP contribution in [0.1, 0.15) is 24.8 Å². The number of benzene rings is 1. The van der Waals surface area contributed by atoms with E-state index < -0.39 is 11.9 Å². The molecule has 0 radical (unpaired) electrons. The first-order chi connectivity index (χ1) is 8.68. The lowest BCUT2D eigenvalue weighted by atomic mass is 10.0. The number of carbonyl (C=O) groups is 2. The zero-order chi connectivity index (χ0) is 13.0. The number of likely N-dealkylation sites (tertiary alicyclic amines) is 1. The number of amides is 2. The van der Waals surface area contributed by atoms with Gasteiger partial charge in [-0.2, -0.15) is 0 Å². The Labute approximate surface area is 107 Å². The number of carbonyl (C=O) groups excluding carboxylic acids is 2. The molecule has 1 fully saturated rings. The monoisotopic (exact) mass is 246 g/mol. The first-order valence-corrected chi connectivity index (χ1v) is 6.31. The highest BCUT2D eigenvalue weighted by Crippen LogP contribution is 2.18. The van der Waals surface area contributed by atoms with Crippen molar-refractivity contribution < 1.29 is 9.59 Å². The van der Waals surface area contributed by atoms with Gasteiger partial charge in [-0.3, -0.25) is 9.59 Å². The van der Waals surface area contributed by atoms with Crippen molar-refractivity contribution in [3.05, 3.63) is 35.9 Å². The average molecular weight is 246 g/mol. The highest BCUT2D eigenvalue weighted by Gasteiger charge is 2.30. The molecule has 0 saturated carbocycles.